The van der Waals surface area contributed by atoms with Crippen molar-refractivity contribution in [1.29, 1.82) is 0 Å². The molecule has 0 unspecified atom stereocenters. The van der Waals surface area contributed by atoms with Crippen molar-refractivity contribution in [2.75, 3.05) is 18.1 Å². The molecule has 0 spiro atoms. The lowest BCUT2D eigenvalue weighted by molar-refractivity contribution is -0.139. The molecule has 29 heavy (non-hydrogen) atoms. The number of hydrogen-bond donors (Lipinski definition) is 1. The Balaban J connectivity index is 1.87. The quantitative estimate of drug-likeness (QED) is 0.488. The summed E-state index contributed by atoms with van der Waals surface area (Å²) in [6.45, 7) is 1.71. The molecule has 0 saturated carbocycles. The van der Waals surface area contributed by atoms with E-state index in [1.165, 1.54) is 16.7 Å². The predicted octanol–water partition coefficient (Wildman–Crippen LogP) is 4.61. The minimum Gasteiger partial charge on any atom is -0.490 e. The van der Waals surface area contributed by atoms with Crippen molar-refractivity contribution in [3.05, 3.63) is 58.0 Å². The van der Waals surface area contributed by atoms with Crippen LogP contribution in [0, 0.1) is 0 Å². The number of nitrogens with zero attached hydrogens (tertiary/aromatic N) is 1. The summed E-state index contributed by atoms with van der Waals surface area (Å²) in [7, 11) is 0. The highest BCUT2D eigenvalue weighted by Crippen LogP contribution is 2.37. The molecule has 0 aromatic heterocycles. The second-order valence-electron chi connectivity index (χ2n) is 5.82. The molecule has 3 rings (SSSR count). The van der Waals surface area contributed by atoms with E-state index in [0.29, 0.717) is 43.6 Å². The monoisotopic (exact) mass is 449 g/mol. The van der Waals surface area contributed by atoms with Gasteiger partial charge in [-0.1, -0.05) is 47.7 Å². The van der Waals surface area contributed by atoms with Gasteiger partial charge in [0, 0.05) is 5.02 Å². The van der Waals surface area contributed by atoms with E-state index in [2.05, 4.69) is 0 Å². The van der Waals surface area contributed by atoms with Crippen molar-refractivity contribution in [1.82, 2.24) is 0 Å². The smallest absolute Gasteiger partial charge is 0.341 e. The number of amides is 1. The van der Waals surface area contributed by atoms with Crippen molar-refractivity contribution in [3.63, 3.8) is 0 Å². The molecule has 2 aromatic carbocycles. The summed E-state index contributed by atoms with van der Waals surface area (Å²) >= 11 is 12.6. The zero-order chi connectivity index (χ0) is 21.0. The maximum absolute atomic E-state index is 12.9. The molecule has 2 aromatic rings. The number of carboxylic acid groups (broad SMARTS) is 1. The third-order valence-corrected chi connectivity index (χ3v) is 5.31. The number of aliphatic carboxylic acids is 1. The number of carbonyl (C=O) groups is 2. The molecule has 0 bridgehead atoms. The van der Waals surface area contributed by atoms with Crippen LogP contribution < -0.4 is 14.4 Å². The Morgan fingerprint density at radius 1 is 1.24 bits per heavy atom. The van der Waals surface area contributed by atoms with E-state index in [9.17, 15) is 9.59 Å². The summed E-state index contributed by atoms with van der Waals surface area (Å²) in [4.78, 5) is 25.5. The zero-order valence-corrected chi connectivity index (χ0v) is 17.6. The first-order valence-corrected chi connectivity index (χ1v) is 10.1. The Bertz CT molecular complexity index is 1010. The van der Waals surface area contributed by atoms with Gasteiger partial charge in [0.1, 0.15) is 0 Å². The third kappa shape index (κ3) is 5.09. The molecule has 1 saturated heterocycles. The molecular weight excluding hydrogens is 434 g/mol. The average Bonchev–Trinajstić information content (AvgIpc) is 2.94. The number of ether oxygens (including phenoxy) is 2. The Morgan fingerprint density at radius 2 is 2.03 bits per heavy atom. The van der Waals surface area contributed by atoms with Crippen molar-refractivity contribution >= 4 is 63.5 Å². The van der Waals surface area contributed by atoms with Crippen LogP contribution in [0.4, 0.5) is 5.69 Å². The number of carboxylic acids is 1. The average molecular weight is 450 g/mol. The first-order valence-electron chi connectivity index (χ1n) is 8.54. The van der Waals surface area contributed by atoms with Gasteiger partial charge in [0.05, 0.1) is 17.2 Å². The lowest BCUT2D eigenvalue weighted by Gasteiger charge is -2.14. The molecule has 1 amide bonds. The lowest BCUT2D eigenvalue weighted by atomic mass is 10.1. The number of hydrogen-bond acceptors (Lipinski definition) is 6. The zero-order valence-electron chi connectivity index (χ0n) is 15.3. The standard InChI is InChI=1S/C20H16ClNO5S2/c1-2-26-16-8-12(6-7-15(16)27-11-18(23)24)9-17-19(25)22(20(28)29-17)14-5-3-4-13(21)10-14/h3-10H,2,11H2,1H3,(H,23,24)/b17-9-. The van der Waals surface area contributed by atoms with Crippen LogP contribution in [0.3, 0.4) is 0 Å². The normalized spacial score (nSPS) is 15.1. The second kappa shape index (κ2) is 9.30. The number of halogens is 1. The number of thioether (sulfide) groups is 1. The van der Waals surface area contributed by atoms with E-state index in [1.807, 2.05) is 6.92 Å². The van der Waals surface area contributed by atoms with Crippen molar-refractivity contribution < 1.29 is 24.2 Å². The largest absolute Gasteiger partial charge is 0.490 e. The molecule has 0 radical (unpaired) electrons. The van der Waals surface area contributed by atoms with Crippen LogP contribution in [-0.2, 0) is 9.59 Å². The van der Waals surface area contributed by atoms with Gasteiger partial charge in [0.2, 0.25) is 0 Å². The van der Waals surface area contributed by atoms with Gasteiger partial charge in [-0.2, -0.15) is 0 Å². The fourth-order valence-electron chi connectivity index (χ4n) is 2.60. The Hall–Kier alpha value is -2.55. The van der Waals surface area contributed by atoms with Gasteiger partial charge < -0.3 is 14.6 Å². The van der Waals surface area contributed by atoms with Crippen LogP contribution in [0.15, 0.2) is 47.4 Å². The first-order chi connectivity index (χ1) is 13.9. The molecule has 0 aliphatic carbocycles. The van der Waals surface area contributed by atoms with E-state index in [-0.39, 0.29) is 5.91 Å². The summed E-state index contributed by atoms with van der Waals surface area (Å²) in [5.41, 5.74) is 1.30. The molecule has 1 N–H and O–H groups in total. The van der Waals surface area contributed by atoms with Gasteiger partial charge in [0.25, 0.3) is 5.91 Å². The van der Waals surface area contributed by atoms with E-state index < -0.39 is 12.6 Å². The van der Waals surface area contributed by atoms with Crippen LogP contribution >= 0.6 is 35.6 Å². The Kier molecular flexibility index (Phi) is 6.79. The minimum absolute atomic E-state index is 0.244. The minimum atomic E-state index is -1.08. The highest BCUT2D eigenvalue weighted by atomic mass is 35.5. The summed E-state index contributed by atoms with van der Waals surface area (Å²) < 4.78 is 11.2. The van der Waals surface area contributed by atoms with Crippen LogP contribution in [0.1, 0.15) is 12.5 Å². The van der Waals surface area contributed by atoms with E-state index >= 15 is 0 Å². The summed E-state index contributed by atoms with van der Waals surface area (Å²) in [5.74, 6) is -0.613. The highest BCUT2D eigenvalue weighted by Gasteiger charge is 2.33. The van der Waals surface area contributed by atoms with Crippen LogP contribution in [-0.4, -0.2) is 34.5 Å². The number of rotatable bonds is 7. The molecule has 1 aliphatic heterocycles. The predicted molar refractivity (Wildman–Crippen MR) is 118 cm³/mol. The molecule has 1 fully saturated rings. The maximum Gasteiger partial charge on any atom is 0.341 e. The van der Waals surface area contributed by atoms with E-state index in [0.717, 1.165) is 0 Å². The summed E-state index contributed by atoms with van der Waals surface area (Å²) in [6, 6.07) is 11.9. The second-order valence-corrected chi connectivity index (χ2v) is 7.93. The fourth-order valence-corrected chi connectivity index (χ4v) is 4.08. The van der Waals surface area contributed by atoms with Gasteiger partial charge in [-0.25, -0.2) is 4.79 Å². The lowest BCUT2D eigenvalue weighted by Crippen LogP contribution is -2.27. The number of thiocarbonyl (C=S) groups is 1. The molecule has 9 heteroatoms. The third-order valence-electron chi connectivity index (χ3n) is 3.78. The number of benzene rings is 2. The van der Waals surface area contributed by atoms with Crippen molar-refractivity contribution in [3.8, 4) is 11.5 Å². The van der Waals surface area contributed by atoms with E-state index in [4.69, 9.17) is 38.4 Å². The molecule has 0 atom stereocenters. The van der Waals surface area contributed by atoms with Gasteiger partial charge >= 0.3 is 5.97 Å². The van der Waals surface area contributed by atoms with Gasteiger partial charge in [-0.15, -0.1) is 0 Å². The van der Waals surface area contributed by atoms with Crippen molar-refractivity contribution in [2.45, 2.75) is 6.92 Å². The fraction of sp³-hybridized carbons (Fsp3) is 0.150. The molecule has 1 heterocycles. The Morgan fingerprint density at radius 3 is 2.72 bits per heavy atom. The van der Waals surface area contributed by atoms with E-state index in [1.54, 1.807) is 48.5 Å². The van der Waals surface area contributed by atoms with Crippen LogP contribution in [0.25, 0.3) is 6.08 Å². The van der Waals surface area contributed by atoms with Crippen LogP contribution in [0.2, 0.25) is 5.02 Å². The molecule has 1 aliphatic rings. The highest BCUT2D eigenvalue weighted by molar-refractivity contribution is 8.27. The summed E-state index contributed by atoms with van der Waals surface area (Å²) in [5, 5.41) is 9.30. The molecular formula is C20H16ClNO5S2. The van der Waals surface area contributed by atoms with Gasteiger partial charge in [-0.3, -0.25) is 9.69 Å². The SMILES string of the molecule is CCOc1cc(/C=C2\SC(=S)N(c3cccc(Cl)c3)C2=O)ccc1OCC(=O)O. The number of anilines is 1. The molecule has 150 valence electrons. The van der Waals surface area contributed by atoms with Gasteiger partial charge in [-0.05, 0) is 48.9 Å². The molecule has 6 nitrogen and oxygen atoms in total. The number of carbonyl (C=O) groups excluding carboxylic acids is 1. The van der Waals surface area contributed by atoms with Crippen molar-refractivity contribution in [2.24, 2.45) is 0 Å². The van der Waals surface area contributed by atoms with Gasteiger partial charge in [0.15, 0.2) is 22.4 Å². The first kappa shape index (κ1) is 21.2. The summed E-state index contributed by atoms with van der Waals surface area (Å²) in [6.07, 6.45) is 1.70. The Labute approximate surface area is 182 Å². The topological polar surface area (TPSA) is 76.1 Å². The maximum atomic E-state index is 12.9. The van der Waals surface area contributed by atoms with Crippen LogP contribution in [0.5, 0.6) is 11.5 Å².